The zero-order valence-corrected chi connectivity index (χ0v) is 14.1. The average molecular weight is 376 g/mol. The van der Waals surface area contributed by atoms with Gasteiger partial charge in [0.2, 0.25) is 0 Å². The lowest BCUT2D eigenvalue weighted by Gasteiger charge is -2.22. The zero-order valence-electron chi connectivity index (χ0n) is 11.8. The number of aromatic nitrogens is 2. The van der Waals surface area contributed by atoms with Gasteiger partial charge in [-0.1, -0.05) is 0 Å². The Hall–Kier alpha value is -0.650. The topological polar surface area (TPSA) is 27.1 Å². The Morgan fingerprint density at radius 3 is 3.00 bits per heavy atom. The fourth-order valence-electron chi connectivity index (χ4n) is 3.25. The lowest BCUT2D eigenvalue weighted by Crippen LogP contribution is -2.22. The second-order valence-electron chi connectivity index (χ2n) is 5.36. The molecule has 0 N–H and O–H groups in total. The molecule has 0 amide bonds. The maximum Gasteiger partial charge on any atom is 0.139 e. The fraction of sp³-hybridized carbons (Fsp3) is 0.533. The van der Waals surface area contributed by atoms with Crippen LogP contribution in [0.4, 0.5) is 4.39 Å². The van der Waals surface area contributed by atoms with E-state index in [9.17, 15) is 4.39 Å². The molecule has 0 aliphatic heterocycles. The van der Waals surface area contributed by atoms with E-state index in [1.807, 2.05) is 0 Å². The molecule has 0 saturated heterocycles. The first kappa shape index (κ1) is 15.3. The number of hydrogen-bond acceptors (Lipinski definition) is 2. The smallest absolute Gasteiger partial charge is 0.139 e. The summed E-state index contributed by atoms with van der Waals surface area (Å²) in [5, 5.41) is 0. The molecule has 21 heavy (non-hydrogen) atoms. The molecule has 2 unspecified atom stereocenters. The molecule has 1 heterocycles. The lowest BCUT2D eigenvalue weighted by molar-refractivity contribution is 0.0753. The van der Waals surface area contributed by atoms with Crippen molar-refractivity contribution in [2.75, 3.05) is 13.0 Å². The Labute approximate surface area is 136 Å². The second-order valence-corrected chi connectivity index (χ2v) is 6.60. The number of rotatable bonds is 4. The molecule has 3 nitrogen and oxygen atoms in total. The van der Waals surface area contributed by atoms with Crippen LogP contribution in [-0.4, -0.2) is 28.6 Å². The van der Waals surface area contributed by atoms with Crippen molar-refractivity contribution in [2.24, 2.45) is 0 Å². The normalized spacial score (nSPS) is 22.3. The predicted octanol–water partition coefficient (Wildman–Crippen LogP) is 4.46. The Kier molecular flexibility index (Phi) is 4.52. The van der Waals surface area contributed by atoms with E-state index in [1.165, 1.54) is 6.07 Å². The van der Waals surface area contributed by atoms with Crippen molar-refractivity contribution in [2.45, 2.75) is 37.8 Å². The summed E-state index contributed by atoms with van der Waals surface area (Å²) in [5.74, 6) is 1.11. The SMILES string of the molecule is COC1CCCC1n1c(CCCl)nc2cc(F)c(Br)cc21. The number of benzene rings is 1. The molecule has 1 saturated carbocycles. The van der Waals surface area contributed by atoms with E-state index in [2.05, 4.69) is 25.5 Å². The van der Waals surface area contributed by atoms with Gasteiger partial charge in [-0.15, -0.1) is 11.6 Å². The summed E-state index contributed by atoms with van der Waals surface area (Å²) in [6.07, 6.45) is 4.08. The minimum atomic E-state index is -0.292. The minimum absolute atomic E-state index is 0.181. The largest absolute Gasteiger partial charge is 0.379 e. The predicted molar refractivity (Wildman–Crippen MR) is 85.5 cm³/mol. The molecule has 3 rings (SSSR count). The molecular weight excluding hydrogens is 359 g/mol. The molecule has 0 radical (unpaired) electrons. The molecule has 1 fully saturated rings. The highest BCUT2D eigenvalue weighted by molar-refractivity contribution is 9.10. The van der Waals surface area contributed by atoms with Gasteiger partial charge in [-0.2, -0.15) is 0 Å². The number of nitrogens with zero attached hydrogens (tertiary/aromatic N) is 2. The highest BCUT2D eigenvalue weighted by Gasteiger charge is 2.31. The van der Waals surface area contributed by atoms with E-state index in [1.54, 1.807) is 13.2 Å². The van der Waals surface area contributed by atoms with E-state index in [4.69, 9.17) is 16.3 Å². The summed E-state index contributed by atoms with van der Waals surface area (Å²) < 4.78 is 22.0. The van der Waals surface area contributed by atoms with Gasteiger partial charge in [-0.05, 0) is 41.3 Å². The maximum absolute atomic E-state index is 13.7. The standard InChI is InChI=1S/C15H17BrClFN2O/c1-21-14-4-2-3-12(14)20-13-7-9(16)10(18)8-11(13)19-15(20)5-6-17/h7-8,12,14H,2-6H2,1H3. The van der Waals surface area contributed by atoms with Gasteiger partial charge in [0.05, 0.1) is 27.7 Å². The molecule has 2 atom stereocenters. The fourth-order valence-corrected chi connectivity index (χ4v) is 3.75. The molecule has 1 aromatic carbocycles. The van der Waals surface area contributed by atoms with Crippen LogP contribution in [0.5, 0.6) is 0 Å². The first-order chi connectivity index (χ1) is 10.2. The van der Waals surface area contributed by atoms with Crippen molar-refractivity contribution >= 4 is 38.6 Å². The van der Waals surface area contributed by atoms with Crippen LogP contribution in [0.2, 0.25) is 0 Å². The van der Waals surface area contributed by atoms with Gasteiger partial charge in [-0.3, -0.25) is 0 Å². The van der Waals surface area contributed by atoms with Gasteiger partial charge in [0.25, 0.3) is 0 Å². The number of imidazole rings is 1. The molecule has 1 aromatic heterocycles. The number of aryl methyl sites for hydroxylation is 1. The second kappa shape index (κ2) is 6.23. The molecule has 0 spiro atoms. The summed E-state index contributed by atoms with van der Waals surface area (Å²) >= 11 is 9.17. The van der Waals surface area contributed by atoms with Gasteiger partial charge in [0.15, 0.2) is 0 Å². The number of halogens is 3. The van der Waals surface area contributed by atoms with Crippen molar-refractivity contribution in [1.82, 2.24) is 9.55 Å². The lowest BCUT2D eigenvalue weighted by atomic mass is 10.2. The molecule has 6 heteroatoms. The summed E-state index contributed by atoms with van der Waals surface area (Å²) in [6, 6.07) is 3.53. The summed E-state index contributed by atoms with van der Waals surface area (Å²) in [7, 11) is 1.75. The number of fused-ring (bicyclic) bond motifs is 1. The Morgan fingerprint density at radius 2 is 2.29 bits per heavy atom. The quantitative estimate of drug-likeness (QED) is 0.738. The van der Waals surface area contributed by atoms with E-state index >= 15 is 0 Å². The highest BCUT2D eigenvalue weighted by atomic mass is 79.9. The van der Waals surface area contributed by atoms with Crippen molar-refractivity contribution in [3.63, 3.8) is 0 Å². The van der Waals surface area contributed by atoms with Gasteiger partial charge < -0.3 is 9.30 Å². The van der Waals surface area contributed by atoms with Crippen molar-refractivity contribution in [1.29, 1.82) is 0 Å². The molecule has 1 aliphatic carbocycles. The van der Waals surface area contributed by atoms with Gasteiger partial charge in [0.1, 0.15) is 11.6 Å². The molecule has 0 bridgehead atoms. The van der Waals surface area contributed by atoms with Crippen LogP contribution in [0.3, 0.4) is 0 Å². The first-order valence-electron chi connectivity index (χ1n) is 7.10. The van der Waals surface area contributed by atoms with Crippen molar-refractivity contribution in [3.05, 3.63) is 28.2 Å². The molecular formula is C15H17BrClFN2O. The monoisotopic (exact) mass is 374 g/mol. The van der Waals surface area contributed by atoms with Crippen LogP contribution in [0.1, 0.15) is 31.1 Å². The third-order valence-electron chi connectivity index (χ3n) is 4.17. The van der Waals surface area contributed by atoms with Crippen LogP contribution in [0.25, 0.3) is 11.0 Å². The van der Waals surface area contributed by atoms with Crippen LogP contribution < -0.4 is 0 Å². The minimum Gasteiger partial charge on any atom is -0.379 e. The number of ether oxygens (including phenoxy) is 1. The number of alkyl halides is 1. The Balaban J connectivity index is 2.17. The van der Waals surface area contributed by atoms with Gasteiger partial charge >= 0.3 is 0 Å². The summed E-state index contributed by atoms with van der Waals surface area (Å²) in [4.78, 5) is 4.58. The third-order valence-corrected chi connectivity index (χ3v) is 4.97. The number of methoxy groups -OCH3 is 1. The van der Waals surface area contributed by atoms with Crippen LogP contribution >= 0.6 is 27.5 Å². The molecule has 2 aromatic rings. The van der Waals surface area contributed by atoms with Crippen molar-refractivity contribution in [3.8, 4) is 0 Å². The molecule has 1 aliphatic rings. The maximum atomic E-state index is 13.7. The average Bonchev–Trinajstić information content (AvgIpc) is 3.03. The third kappa shape index (κ3) is 2.71. The van der Waals surface area contributed by atoms with Gasteiger partial charge in [0, 0.05) is 25.5 Å². The molecule has 114 valence electrons. The first-order valence-corrected chi connectivity index (χ1v) is 8.43. The van der Waals surface area contributed by atoms with Crippen LogP contribution in [0.15, 0.2) is 16.6 Å². The Bertz CT molecular complexity index is 661. The Morgan fingerprint density at radius 1 is 1.48 bits per heavy atom. The zero-order chi connectivity index (χ0) is 15.0. The summed E-state index contributed by atoms with van der Waals surface area (Å²) in [6.45, 7) is 0. The van der Waals surface area contributed by atoms with Crippen molar-refractivity contribution < 1.29 is 9.13 Å². The van der Waals surface area contributed by atoms with Crippen LogP contribution in [0, 0.1) is 5.82 Å². The number of hydrogen-bond donors (Lipinski definition) is 0. The van der Waals surface area contributed by atoms with E-state index in [0.29, 0.717) is 22.3 Å². The highest BCUT2D eigenvalue weighted by Crippen LogP contribution is 2.37. The van der Waals surface area contributed by atoms with E-state index < -0.39 is 0 Å². The van der Waals surface area contributed by atoms with E-state index in [0.717, 1.165) is 30.6 Å². The van der Waals surface area contributed by atoms with Crippen LogP contribution in [-0.2, 0) is 11.2 Å². The van der Waals surface area contributed by atoms with Gasteiger partial charge in [-0.25, -0.2) is 9.37 Å². The summed E-state index contributed by atoms with van der Waals surface area (Å²) in [5.41, 5.74) is 1.62. The van der Waals surface area contributed by atoms with E-state index in [-0.39, 0.29) is 18.0 Å².